The molecule has 148 valence electrons. The molecule has 1 N–H and O–H groups in total. The minimum absolute atomic E-state index is 0. The molecule has 3 rings (SSSR count). The second-order valence-corrected chi connectivity index (χ2v) is 6.30. The topological polar surface area (TPSA) is 51.0 Å². The minimum Gasteiger partial charge on any atom is -0.467 e. The number of aryl methyl sites for hydroxylation is 1. The van der Waals surface area contributed by atoms with Crippen LogP contribution in [0.15, 0.2) is 35.5 Å². The number of halogens is 2. The highest BCUT2D eigenvalue weighted by Crippen LogP contribution is 2.30. The molecule has 2 aromatic rings. The lowest BCUT2D eigenvalue weighted by molar-refractivity contribution is -0.0172. The molecule has 0 saturated heterocycles. The molecule has 0 unspecified atom stereocenters. The number of nitrogens with zero attached hydrogens (tertiary/aromatic N) is 3. The van der Waals surface area contributed by atoms with Crippen molar-refractivity contribution in [2.75, 3.05) is 20.4 Å². The first kappa shape index (κ1) is 21.5. The van der Waals surface area contributed by atoms with Crippen molar-refractivity contribution in [3.8, 4) is 5.75 Å². The van der Waals surface area contributed by atoms with Gasteiger partial charge in [0.25, 0.3) is 0 Å². The van der Waals surface area contributed by atoms with Crippen molar-refractivity contribution >= 4 is 29.9 Å². The van der Waals surface area contributed by atoms with E-state index < -0.39 is 0 Å². The average molecular weight is 488 g/mol. The molecule has 0 radical (unpaired) electrons. The molecule has 0 bridgehead atoms. The first-order valence-corrected chi connectivity index (χ1v) is 8.70. The fourth-order valence-electron chi connectivity index (χ4n) is 2.98. The highest BCUT2D eigenvalue weighted by molar-refractivity contribution is 14.0. The molecular weight excluding hydrogens is 462 g/mol. The molecule has 0 saturated carbocycles. The van der Waals surface area contributed by atoms with Crippen molar-refractivity contribution in [3.63, 3.8) is 0 Å². The molecule has 1 aliphatic rings. The third kappa shape index (κ3) is 5.35. The monoisotopic (exact) mass is 488 g/mol. The molecular formula is C19H26FIN4O2. The van der Waals surface area contributed by atoms with Gasteiger partial charge in [-0.25, -0.2) is 9.38 Å². The summed E-state index contributed by atoms with van der Waals surface area (Å²) in [5.41, 5.74) is 2.64. The van der Waals surface area contributed by atoms with Gasteiger partial charge in [-0.2, -0.15) is 0 Å². The summed E-state index contributed by atoms with van der Waals surface area (Å²) in [7, 11) is 4.01. The first-order valence-electron chi connectivity index (χ1n) is 8.70. The van der Waals surface area contributed by atoms with Crippen LogP contribution in [0.4, 0.5) is 4.39 Å². The Kier molecular flexibility index (Phi) is 7.91. The zero-order valence-electron chi connectivity index (χ0n) is 15.9. The van der Waals surface area contributed by atoms with Crippen molar-refractivity contribution in [3.05, 3.63) is 53.1 Å². The molecule has 0 atom stereocenters. The van der Waals surface area contributed by atoms with E-state index in [1.807, 2.05) is 33.3 Å². The summed E-state index contributed by atoms with van der Waals surface area (Å²) in [5, 5.41) is 3.29. The first-order chi connectivity index (χ1) is 12.6. The van der Waals surface area contributed by atoms with Crippen LogP contribution in [0.2, 0.25) is 0 Å². The van der Waals surface area contributed by atoms with Crippen LogP contribution in [0.25, 0.3) is 0 Å². The highest BCUT2D eigenvalue weighted by atomic mass is 127. The zero-order chi connectivity index (χ0) is 18.5. The normalized spacial score (nSPS) is 13.4. The Labute approximate surface area is 176 Å². The van der Waals surface area contributed by atoms with E-state index >= 15 is 0 Å². The van der Waals surface area contributed by atoms with E-state index in [1.54, 1.807) is 0 Å². The van der Waals surface area contributed by atoms with Crippen LogP contribution in [-0.2, 0) is 31.5 Å². The summed E-state index contributed by atoms with van der Waals surface area (Å²) in [6, 6.07) is 7.03. The Balaban J connectivity index is 0.00000261. The largest absolute Gasteiger partial charge is 0.467 e. The SMILES string of the molecule is CCNC(=NCc1cc(F)cc2c1OCOC2)N(C)Cc1cccn1C.I. The third-order valence-corrected chi connectivity index (χ3v) is 4.30. The van der Waals surface area contributed by atoms with Crippen LogP contribution in [0.1, 0.15) is 23.7 Å². The van der Waals surface area contributed by atoms with Crippen molar-refractivity contribution in [1.29, 1.82) is 0 Å². The van der Waals surface area contributed by atoms with Gasteiger partial charge in [0.15, 0.2) is 12.8 Å². The molecule has 0 aliphatic carbocycles. The molecule has 1 aromatic carbocycles. The smallest absolute Gasteiger partial charge is 0.194 e. The van der Waals surface area contributed by atoms with Gasteiger partial charge < -0.3 is 24.3 Å². The van der Waals surface area contributed by atoms with E-state index in [4.69, 9.17) is 9.47 Å². The number of aromatic nitrogens is 1. The van der Waals surface area contributed by atoms with Crippen LogP contribution in [-0.4, -0.2) is 35.8 Å². The molecule has 1 aliphatic heterocycles. The number of guanidine groups is 1. The van der Waals surface area contributed by atoms with Crippen molar-refractivity contribution < 1.29 is 13.9 Å². The highest BCUT2D eigenvalue weighted by Gasteiger charge is 2.17. The second kappa shape index (κ2) is 9.93. The van der Waals surface area contributed by atoms with Crippen LogP contribution in [0, 0.1) is 5.82 Å². The van der Waals surface area contributed by atoms with Gasteiger partial charge in [-0.1, -0.05) is 0 Å². The Morgan fingerprint density at radius 3 is 2.93 bits per heavy atom. The molecule has 0 spiro atoms. The number of rotatable bonds is 5. The molecule has 6 nitrogen and oxygen atoms in total. The van der Waals surface area contributed by atoms with Crippen molar-refractivity contribution in [2.45, 2.75) is 26.6 Å². The van der Waals surface area contributed by atoms with Crippen LogP contribution < -0.4 is 10.1 Å². The number of ether oxygens (including phenoxy) is 2. The van der Waals surface area contributed by atoms with E-state index in [2.05, 4.69) is 25.8 Å². The maximum atomic E-state index is 13.9. The quantitative estimate of drug-likeness (QED) is 0.399. The minimum atomic E-state index is -0.301. The third-order valence-electron chi connectivity index (χ3n) is 4.30. The van der Waals surface area contributed by atoms with E-state index in [9.17, 15) is 4.39 Å². The van der Waals surface area contributed by atoms with Gasteiger partial charge in [0.1, 0.15) is 11.6 Å². The molecule has 27 heavy (non-hydrogen) atoms. The van der Waals surface area contributed by atoms with Crippen LogP contribution in [0.5, 0.6) is 5.75 Å². The molecule has 1 aromatic heterocycles. The Morgan fingerprint density at radius 1 is 1.41 bits per heavy atom. The van der Waals surface area contributed by atoms with Gasteiger partial charge in [-0.3, -0.25) is 0 Å². The number of aliphatic imine (C=N–C) groups is 1. The number of fused-ring (bicyclic) bond motifs is 1. The predicted octanol–water partition coefficient (Wildman–Crippen LogP) is 3.25. The summed E-state index contributed by atoms with van der Waals surface area (Å²) in [6.45, 7) is 4.37. The second-order valence-electron chi connectivity index (χ2n) is 6.30. The standard InChI is InChI=1S/C19H25FN4O2.HI/c1-4-21-19(24(3)11-17-6-5-7-23(17)2)22-10-14-8-16(20)9-15-12-25-13-26-18(14)15;/h5-9H,4,10-13H2,1-3H3,(H,21,22);1H. The Bertz CT molecular complexity index is 794. The van der Waals surface area contributed by atoms with Gasteiger partial charge in [0, 0.05) is 43.7 Å². The Hall–Kier alpha value is -1.81. The van der Waals surface area contributed by atoms with Crippen molar-refractivity contribution in [1.82, 2.24) is 14.8 Å². The number of hydrogen-bond acceptors (Lipinski definition) is 3. The fourth-order valence-corrected chi connectivity index (χ4v) is 2.98. The number of nitrogens with one attached hydrogen (secondary N) is 1. The van der Waals surface area contributed by atoms with Gasteiger partial charge in [-0.05, 0) is 31.2 Å². The van der Waals surface area contributed by atoms with E-state index in [-0.39, 0.29) is 36.6 Å². The van der Waals surface area contributed by atoms with Gasteiger partial charge in [0.2, 0.25) is 0 Å². The maximum Gasteiger partial charge on any atom is 0.194 e. The van der Waals surface area contributed by atoms with Crippen LogP contribution >= 0.6 is 24.0 Å². The maximum absolute atomic E-state index is 13.9. The molecule has 0 amide bonds. The summed E-state index contributed by atoms with van der Waals surface area (Å²) in [4.78, 5) is 6.73. The van der Waals surface area contributed by atoms with E-state index in [0.717, 1.165) is 30.2 Å². The van der Waals surface area contributed by atoms with E-state index in [0.29, 0.717) is 18.9 Å². The van der Waals surface area contributed by atoms with Crippen LogP contribution in [0.3, 0.4) is 0 Å². The van der Waals surface area contributed by atoms with Gasteiger partial charge in [-0.15, -0.1) is 24.0 Å². The lowest BCUT2D eigenvalue weighted by Crippen LogP contribution is -2.38. The summed E-state index contributed by atoms with van der Waals surface area (Å²) in [6.07, 6.45) is 2.02. The fraction of sp³-hybridized carbons (Fsp3) is 0.421. The zero-order valence-corrected chi connectivity index (χ0v) is 18.2. The number of benzene rings is 1. The lowest BCUT2D eigenvalue weighted by Gasteiger charge is -2.23. The van der Waals surface area contributed by atoms with Gasteiger partial charge >= 0.3 is 0 Å². The van der Waals surface area contributed by atoms with Crippen molar-refractivity contribution in [2.24, 2.45) is 12.0 Å². The van der Waals surface area contributed by atoms with Gasteiger partial charge in [0.05, 0.1) is 19.7 Å². The summed E-state index contributed by atoms with van der Waals surface area (Å²) >= 11 is 0. The summed E-state index contributed by atoms with van der Waals surface area (Å²) in [5.74, 6) is 1.14. The molecule has 8 heteroatoms. The average Bonchev–Trinajstić information content (AvgIpc) is 3.02. The van der Waals surface area contributed by atoms with E-state index in [1.165, 1.54) is 17.8 Å². The molecule has 2 heterocycles. The summed E-state index contributed by atoms with van der Waals surface area (Å²) < 4.78 is 26.8. The predicted molar refractivity (Wildman–Crippen MR) is 114 cm³/mol. The lowest BCUT2D eigenvalue weighted by atomic mass is 10.1. The number of hydrogen-bond donors (Lipinski definition) is 1. The molecule has 0 fully saturated rings. The Morgan fingerprint density at radius 2 is 2.22 bits per heavy atom.